The summed E-state index contributed by atoms with van der Waals surface area (Å²) in [6, 6.07) is 5.89. The van der Waals surface area contributed by atoms with E-state index in [1.54, 1.807) is 0 Å². The molecule has 94 valence electrons. The summed E-state index contributed by atoms with van der Waals surface area (Å²) in [5, 5.41) is 5.10. The Bertz CT molecular complexity index is 399. The summed E-state index contributed by atoms with van der Waals surface area (Å²) in [7, 11) is 0. The molecule has 1 aliphatic carbocycles. The molecule has 17 heavy (non-hydrogen) atoms. The van der Waals surface area contributed by atoms with E-state index >= 15 is 0 Å². The van der Waals surface area contributed by atoms with Crippen molar-refractivity contribution in [3.05, 3.63) is 33.8 Å². The minimum Gasteiger partial charge on any atom is -0.310 e. The summed E-state index contributed by atoms with van der Waals surface area (Å²) < 4.78 is 0. The van der Waals surface area contributed by atoms with Crippen LogP contribution in [0.3, 0.4) is 0 Å². The van der Waals surface area contributed by atoms with Crippen LogP contribution in [0.4, 0.5) is 0 Å². The normalized spacial score (nSPS) is 19.8. The topological polar surface area (TPSA) is 12.0 Å². The molecule has 0 saturated heterocycles. The number of benzene rings is 1. The summed E-state index contributed by atoms with van der Waals surface area (Å²) >= 11 is 12.2. The molecule has 0 amide bonds. The third kappa shape index (κ3) is 3.15. The molecule has 0 spiro atoms. The Morgan fingerprint density at radius 3 is 2.65 bits per heavy atom. The van der Waals surface area contributed by atoms with Crippen LogP contribution >= 0.6 is 23.2 Å². The second kappa shape index (κ2) is 5.17. The van der Waals surface area contributed by atoms with Crippen LogP contribution in [-0.2, 0) is 0 Å². The Kier molecular flexibility index (Phi) is 4.02. The molecule has 1 N–H and O–H groups in total. The Labute approximate surface area is 114 Å². The minimum absolute atomic E-state index is 0.249. The van der Waals surface area contributed by atoms with Crippen LogP contribution < -0.4 is 5.32 Å². The number of nitrogens with one attached hydrogen (secondary N) is 1. The van der Waals surface area contributed by atoms with E-state index in [9.17, 15) is 0 Å². The number of hydrogen-bond acceptors (Lipinski definition) is 1. The predicted molar refractivity (Wildman–Crippen MR) is 74.8 cm³/mol. The number of rotatable bonds is 4. The Hall–Kier alpha value is -0.240. The Morgan fingerprint density at radius 1 is 1.35 bits per heavy atom. The summed E-state index contributed by atoms with van der Waals surface area (Å²) in [4.78, 5) is 0. The van der Waals surface area contributed by atoms with Crippen molar-refractivity contribution in [1.82, 2.24) is 5.32 Å². The lowest BCUT2D eigenvalue weighted by molar-refractivity contribution is 0.152. The highest BCUT2D eigenvalue weighted by atomic mass is 35.5. The molecule has 1 aromatic carbocycles. The quantitative estimate of drug-likeness (QED) is 0.827. The van der Waals surface area contributed by atoms with Gasteiger partial charge in [0.05, 0.1) is 0 Å². The molecular formula is C14H19Cl2N. The van der Waals surface area contributed by atoms with Crippen molar-refractivity contribution in [3.63, 3.8) is 0 Å². The second-order valence-electron chi connectivity index (χ2n) is 5.43. The van der Waals surface area contributed by atoms with Crippen LogP contribution in [0.5, 0.6) is 0 Å². The van der Waals surface area contributed by atoms with E-state index in [0.717, 1.165) is 22.2 Å². The third-order valence-corrected chi connectivity index (χ3v) is 4.40. The first-order valence-corrected chi connectivity index (χ1v) is 6.94. The molecule has 0 bridgehead atoms. The summed E-state index contributed by atoms with van der Waals surface area (Å²) in [6.45, 7) is 5.53. The summed E-state index contributed by atoms with van der Waals surface area (Å²) in [5.74, 6) is 0. The minimum atomic E-state index is 0.249. The van der Waals surface area contributed by atoms with Gasteiger partial charge in [0.25, 0.3) is 0 Å². The first kappa shape index (κ1) is 13.2. The van der Waals surface area contributed by atoms with Crippen LogP contribution in [0, 0.1) is 5.41 Å². The highest BCUT2D eigenvalue weighted by Gasteiger charge is 2.31. The van der Waals surface area contributed by atoms with E-state index in [1.807, 2.05) is 18.2 Å². The zero-order valence-corrected chi connectivity index (χ0v) is 11.9. The molecule has 0 heterocycles. The van der Waals surface area contributed by atoms with Crippen molar-refractivity contribution in [3.8, 4) is 0 Å². The van der Waals surface area contributed by atoms with Gasteiger partial charge in [0.2, 0.25) is 0 Å². The van der Waals surface area contributed by atoms with Gasteiger partial charge in [-0.15, -0.1) is 0 Å². The predicted octanol–water partition coefficient (Wildman–Crippen LogP) is 4.83. The van der Waals surface area contributed by atoms with E-state index in [-0.39, 0.29) is 6.04 Å². The first-order chi connectivity index (χ1) is 8.00. The molecule has 0 radical (unpaired) electrons. The maximum absolute atomic E-state index is 6.19. The molecule has 1 saturated carbocycles. The van der Waals surface area contributed by atoms with Crippen LogP contribution in [0.1, 0.15) is 44.7 Å². The lowest BCUT2D eigenvalue weighted by Gasteiger charge is -2.39. The fourth-order valence-corrected chi connectivity index (χ4v) is 2.77. The molecule has 1 atom stereocenters. The maximum atomic E-state index is 6.19. The van der Waals surface area contributed by atoms with Gasteiger partial charge in [-0.2, -0.15) is 0 Å². The van der Waals surface area contributed by atoms with Gasteiger partial charge < -0.3 is 5.32 Å². The van der Waals surface area contributed by atoms with E-state index in [2.05, 4.69) is 19.2 Å². The fraction of sp³-hybridized carbons (Fsp3) is 0.571. The largest absolute Gasteiger partial charge is 0.310 e. The van der Waals surface area contributed by atoms with Gasteiger partial charge in [-0.25, -0.2) is 0 Å². The molecule has 1 unspecified atom stereocenters. The zero-order valence-electron chi connectivity index (χ0n) is 10.4. The average molecular weight is 272 g/mol. The maximum Gasteiger partial charge on any atom is 0.0454 e. The second-order valence-corrected chi connectivity index (χ2v) is 6.28. The SMILES string of the molecule is CC(NCC1(C)CCC1)c1cc(Cl)ccc1Cl. The molecule has 1 nitrogen and oxygen atoms in total. The van der Waals surface area contributed by atoms with Gasteiger partial charge in [-0.3, -0.25) is 0 Å². The molecule has 1 fully saturated rings. The van der Waals surface area contributed by atoms with Crippen LogP contribution in [-0.4, -0.2) is 6.54 Å². The van der Waals surface area contributed by atoms with Gasteiger partial charge >= 0.3 is 0 Å². The van der Waals surface area contributed by atoms with E-state index in [0.29, 0.717) is 5.41 Å². The Morgan fingerprint density at radius 2 is 2.06 bits per heavy atom. The van der Waals surface area contributed by atoms with Crippen molar-refractivity contribution in [2.75, 3.05) is 6.54 Å². The molecule has 2 rings (SSSR count). The van der Waals surface area contributed by atoms with Crippen molar-refractivity contribution in [2.24, 2.45) is 5.41 Å². The van der Waals surface area contributed by atoms with Crippen molar-refractivity contribution >= 4 is 23.2 Å². The van der Waals surface area contributed by atoms with Gasteiger partial charge in [0, 0.05) is 22.6 Å². The van der Waals surface area contributed by atoms with Gasteiger partial charge in [-0.05, 0) is 48.9 Å². The van der Waals surface area contributed by atoms with Gasteiger partial charge in [0.1, 0.15) is 0 Å². The van der Waals surface area contributed by atoms with Crippen LogP contribution in [0.2, 0.25) is 10.0 Å². The van der Waals surface area contributed by atoms with Crippen molar-refractivity contribution in [1.29, 1.82) is 0 Å². The third-order valence-electron chi connectivity index (χ3n) is 3.82. The van der Waals surface area contributed by atoms with E-state index in [4.69, 9.17) is 23.2 Å². The average Bonchev–Trinajstić information content (AvgIpc) is 2.26. The van der Waals surface area contributed by atoms with E-state index in [1.165, 1.54) is 19.3 Å². The molecule has 3 heteroatoms. The number of hydrogen-bond donors (Lipinski definition) is 1. The number of halogens is 2. The lowest BCUT2D eigenvalue weighted by Crippen LogP contribution is -2.38. The van der Waals surface area contributed by atoms with Crippen LogP contribution in [0.15, 0.2) is 18.2 Å². The van der Waals surface area contributed by atoms with Crippen molar-refractivity contribution in [2.45, 2.75) is 39.2 Å². The molecule has 1 aromatic rings. The molecule has 0 aliphatic heterocycles. The highest BCUT2D eigenvalue weighted by molar-refractivity contribution is 6.33. The molecule has 1 aliphatic rings. The fourth-order valence-electron chi connectivity index (χ4n) is 2.31. The standard InChI is InChI=1S/C14H19Cl2N/c1-10(17-9-14(2)6-3-7-14)12-8-11(15)4-5-13(12)16/h4-5,8,10,17H,3,6-7,9H2,1-2H3. The smallest absolute Gasteiger partial charge is 0.0454 e. The molecule has 0 aromatic heterocycles. The molecular weight excluding hydrogens is 253 g/mol. The monoisotopic (exact) mass is 271 g/mol. The van der Waals surface area contributed by atoms with Crippen molar-refractivity contribution < 1.29 is 0 Å². The first-order valence-electron chi connectivity index (χ1n) is 6.18. The highest BCUT2D eigenvalue weighted by Crippen LogP contribution is 2.40. The lowest BCUT2D eigenvalue weighted by atomic mass is 9.70. The van der Waals surface area contributed by atoms with Gasteiger partial charge in [0.15, 0.2) is 0 Å². The summed E-state index contributed by atoms with van der Waals surface area (Å²) in [5.41, 5.74) is 1.57. The van der Waals surface area contributed by atoms with Crippen LogP contribution in [0.25, 0.3) is 0 Å². The Balaban J connectivity index is 1.99. The van der Waals surface area contributed by atoms with E-state index < -0.39 is 0 Å². The summed E-state index contributed by atoms with van der Waals surface area (Å²) in [6.07, 6.45) is 4.02. The zero-order chi connectivity index (χ0) is 12.5. The van der Waals surface area contributed by atoms with Gasteiger partial charge in [-0.1, -0.05) is 36.5 Å².